The van der Waals surface area contributed by atoms with Crippen LogP contribution in [0.5, 0.6) is 0 Å². The zero-order valence-electron chi connectivity index (χ0n) is 14.0. The topological polar surface area (TPSA) is 82.1 Å². The maximum absolute atomic E-state index is 11.0. The summed E-state index contributed by atoms with van der Waals surface area (Å²) in [6.45, 7) is 0. The molecule has 0 radical (unpaired) electrons. The fourth-order valence-electron chi connectivity index (χ4n) is 2.82. The fraction of sp³-hybridized carbons (Fsp3) is 0.0500. The van der Waals surface area contributed by atoms with E-state index in [1.54, 1.807) is 18.5 Å². The molecule has 1 aromatic carbocycles. The maximum Gasteiger partial charge on any atom is 0.412 e. The standard InChI is InChI=1S/C20H16N4O2/c1-24(20(25)26)19-7-6-15(12-22-19)13-2-4-14(5-3-13)18-10-16-11-21-9-8-17(16)23-18/h2-12,23H,1H3,(H,25,26). The number of hydrogen-bond acceptors (Lipinski definition) is 3. The number of aromatic amines is 1. The van der Waals surface area contributed by atoms with Gasteiger partial charge in [0.15, 0.2) is 0 Å². The molecule has 0 aliphatic rings. The molecular formula is C20H16N4O2. The van der Waals surface area contributed by atoms with E-state index in [1.165, 1.54) is 7.05 Å². The lowest BCUT2D eigenvalue weighted by Gasteiger charge is -2.12. The lowest BCUT2D eigenvalue weighted by Crippen LogP contribution is -2.24. The third kappa shape index (κ3) is 2.88. The number of nitrogens with one attached hydrogen (secondary N) is 1. The SMILES string of the molecule is CN(C(=O)O)c1ccc(-c2ccc(-c3cc4cnccc4[nH]3)cc2)cn1. The summed E-state index contributed by atoms with van der Waals surface area (Å²) in [6, 6.07) is 15.7. The van der Waals surface area contributed by atoms with Crippen LogP contribution in [0.4, 0.5) is 10.6 Å². The van der Waals surface area contributed by atoms with Crippen LogP contribution >= 0.6 is 0 Å². The lowest BCUT2D eigenvalue weighted by molar-refractivity contribution is 0.203. The smallest absolute Gasteiger partial charge is 0.412 e. The Kier molecular flexibility index (Phi) is 3.85. The van der Waals surface area contributed by atoms with E-state index in [-0.39, 0.29) is 0 Å². The summed E-state index contributed by atoms with van der Waals surface area (Å²) in [5.41, 5.74) is 5.13. The summed E-state index contributed by atoms with van der Waals surface area (Å²) < 4.78 is 0. The van der Waals surface area contributed by atoms with Gasteiger partial charge >= 0.3 is 6.09 Å². The highest BCUT2D eigenvalue weighted by Crippen LogP contribution is 2.27. The Morgan fingerprint density at radius 3 is 2.38 bits per heavy atom. The zero-order chi connectivity index (χ0) is 18.1. The third-order valence-corrected chi connectivity index (χ3v) is 4.33. The van der Waals surface area contributed by atoms with Crippen molar-refractivity contribution < 1.29 is 9.90 Å². The van der Waals surface area contributed by atoms with E-state index in [9.17, 15) is 4.79 Å². The second kappa shape index (κ2) is 6.33. The molecule has 6 heteroatoms. The molecule has 26 heavy (non-hydrogen) atoms. The van der Waals surface area contributed by atoms with Crippen molar-refractivity contribution in [2.45, 2.75) is 0 Å². The van der Waals surface area contributed by atoms with Crippen LogP contribution in [0, 0.1) is 0 Å². The van der Waals surface area contributed by atoms with Crippen LogP contribution in [0.25, 0.3) is 33.3 Å². The van der Waals surface area contributed by atoms with Crippen molar-refractivity contribution in [1.82, 2.24) is 15.0 Å². The molecule has 3 heterocycles. The first-order chi connectivity index (χ1) is 12.6. The van der Waals surface area contributed by atoms with Gasteiger partial charge in [0, 0.05) is 47.8 Å². The van der Waals surface area contributed by atoms with E-state index in [2.05, 4.69) is 21.0 Å². The summed E-state index contributed by atoms with van der Waals surface area (Å²) in [5, 5.41) is 10.1. The van der Waals surface area contributed by atoms with Gasteiger partial charge in [0.05, 0.1) is 0 Å². The highest BCUT2D eigenvalue weighted by atomic mass is 16.4. The van der Waals surface area contributed by atoms with Crippen LogP contribution in [-0.4, -0.2) is 33.2 Å². The maximum atomic E-state index is 11.0. The number of carboxylic acid groups (broad SMARTS) is 1. The molecule has 0 saturated carbocycles. The number of rotatable bonds is 3. The number of carbonyl (C=O) groups is 1. The molecule has 0 atom stereocenters. The Balaban J connectivity index is 1.60. The fourth-order valence-corrected chi connectivity index (χ4v) is 2.82. The highest BCUT2D eigenvalue weighted by Gasteiger charge is 2.10. The first kappa shape index (κ1) is 15.8. The minimum atomic E-state index is -1.04. The van der Waals surface area contributed by atoms with Gasteiger partial charge in [0.1, 0.15) is 5.82 Å². The first-order valence-corrected chi connectivity index (χ1v) is 8.08. The number of nitrogens with zero attached hydrogens (tertiary/aromatic N) is 3. The number of aromatic nitrogens is 3. The number of fused-ring (bicyclic) bond motifs is 1. The summed E-state index contributed by atoms with van der Waals surface area (Å²) in [7, 11) is 1.47. The van der Waals surface area contributed by atoms with Gasteiger partial charge in [-0.05, 0) is 35.4 Å². The summed E-state index contributed by atoms with van der Waals surface area (Å²) in [4.78, 5) is 23.8. The van der Waals surface area contributed by atoms with Crippen molar-refractivity contribution >= 4 is 22.8 Å². The predicted molar refractivity (Wildman–Crippen MR) is 101 cm³/mol. The van der Waals surface area contributed by atoms with E-state index in [1.807, 2.05) is 42.6 Å². The molecule has 0 spiro atoms. The van der Waals surface area contributed by atoms with Crippen LogP contribution in [0.1, 0.15) is 0 Å². The van der Waals surface area contributed by atoms with Gasteiger partial charge in [-0.25, -0.2) is 9.78 Å². The molecule has 2 N–H and O–H groups in total. The first-order valence-electron chi connectivity index (χ1n) is 8.08. The molecule has 0 aliphatic heterocycles. The largest absolute Gasteiger partial charge is 0.465 e. The minimum Gasteiger partial charge on any atom is -0.465 e. The Morgan fingerprint density at radius 1 is 1.00 bits per heavy atom. The number of amides is 1. The van der Waals surface area contributed by atoms with E-state index < -0.39 is 6.09 Å². The summed E-state index contributed by atoms with van der Waals surface area (Å²) >= 11 is 0. The van der Waals surface area contributed by atoms with Gasteiger partial charge in [-0.3, -0.25) is 9.88 Å². The van der Waals surface area contributed by atoms with Crippen LogP contribution in [0.15, 0.2) is 67.1 Å². The molecule has 4 aromatic rings. The predicted octanol–water partition coefficient (Wildman–Crippen LogP) is 4.41. The van der Waals surface area contributed by atoms with Crippen LogP contribution in [-0.2, 0) is 0 Å². The number of H-pyrrole nitrogens is 1. The normalized spacial score (nSPS) is 10.8. The van der Waals surface area contributed by atoms with E-state index >= 15 is 0 Å². The second-order valence-electron chi connectivity index (χ2n) is 5.97. The van der Waals surface area contributed by atoms with Gasteiger partial charge < -0.3 is 10.1 Å². The van der Waals surface area contributed by atoms with Crippen molar-refractivity contribution in [2.75, 3.05) is 11.9 Å². The van der Waals surface area contributed by atoms with Crippen LogP contribution < -0.4 is 4.90 Å². The molecule has 0 bridgehead atoms. The molecule has 3 aromatic heterocycles. The van der Waals surface area contributed by atoms with Crippen molar-refractivity contribution in [3.05, 3.63) is 67.1 Å². The lowest BCUT2D eigenvalue weighted by atomic mass is 10.0. The average Bonchev–Trinajstić information content (AvgIpc) is 3.12. The minimum absolute atomic E-state index is 0.393. The number of pyridine rings is 2. The second-order valence-corrected chi connectivity index (χ2v) is 5.97. The Labute approximate surface area is 149 Å². The molecule has 128 valence electrons. The Morgan fingerprint density at radius 2 is 1.73 bits per heavy atom. The van der Waals surface area contributed by atoms with Gasteiger partial charge in [-0.15, -0.1) is 0 Å². The van der Waals surface area contributed by atoms with Crippen molar-refractivity contribution in [3.8, 4) is 22.4 Å². The van der Waals surface area contributed by atoms with Gasteiger partial charge in [-0.2, -0.15) is 0 Å². The van der Waals surface area contributed by atoms with E-state index in [0.29, 0.717) is 5.82 Å². The number of anilines is 1. The summed E-state index contributed by atoms with van der Waals surface area (Å²) in [6.07, 6.45) is 4.25. The molecule has 1 amide bonds. The quantitative estimate of drug-likeness (QED) is 0.577. The monoisotopic (exact) mass is 344 g/mol. The number of hydrogen-bond donors (Lipinski definition) is 2. The Bertz CT molecular complexity index is 1040. The molecule has 4 rings (SSSR count). The van der Waals surface area contributed by atoms with Crippen molar-refractivity contribution in [1.29, 1.82) is 0 Å². The van der Waals surface area contributed by atoms with Crippen molar-refractivity contribution in [2.24, 2.45) is 0 Å². The third-order valence-electron chi connectivity index (χ3n) is 4.33. The van der Waals surface area contributed by atoms with Gasteiger partial charge in [0.2, 0.25) is 0 Å². The molecular weight excluding hydrogens is 328 g/mol. The van der Waals surface area contributed by atoms with Crippen molar-refractivity contribution in [3.63, 3.8) is 0 Å². The molecule has 0 saturated heterocycles. The van der Waals surface area contributed by atoms with E-state index in [0.717, 1.165) is 38.2 Å². The average molecular weight is 344 g/mol. The number of benzene rings is 1. The molecule has 0 unspecified atom stereocenters. The highest BCUT2D eigenvalue weighted by molar-refractivity contribution is 5.86. The molecule has 6 nitrogen and oxygen atoms in total. The van der Waals surface area contributed by atoms with Gasteiger partial charge in [0.25, 0.3) is 0 Å². The van der Waals surface area contributed by atoms with Crippen LogP contribution in [0.2, 0.25) is 0 Å². The summed E-state index contributed by atoms with van der Waals surface area (Å²) in [5.74, 6) is 0.393. The van der Waals surface area contributed by atoms with E-state index in [4.69, 9.17) is 5.11 Å². The Hall–Kier alpha value is -3.67. The molecule has 0 aliphatic carbocycles. The molecule has 0 fully saturated rings. The van der Waals surface area contributed by atoms with Gasteiger partial charge in [-0.1, -0.05) is 24.3 Å². The zero-order valence-corrected chi connectivity index (χ0v) is 14.0. The van der Waals surface area contributed by atoms with Crippen LogP contribution in [0.3, 0.4) is 0 Å².